The van der Waals surface area contributed by atoms with Gasteiger partial charge in [-0.25, -0.2) is 0 Å². The Bertz CT molecular complexity index is 465. The maximum absolute atomic E-state index is 10.9. The number of nitrogens with zero attached hydrogens (tertiary/aromatic N) is 2. The predicted octanol–water partition coefficient (Wildman–Crippen LogP) is 0.750. The molecule has 0 bridgehead atoms. The van der Waals surface area contributed by atoms with Crippen molar-refractivity contribution in [2.24, 2.45) is 0 Å². The van der Waals surface area contributed by atoms with Crippen LogP contribution < -0.4 is 9.47 Å². The van der Waals surface area contributed by atoms with Crippen LogP contribution in [0.25, 0.3) is 0 Å². The van der Waals surface area contributed by atoms with Crippen molar-refractivity contribution < 1.29 is 22.1 Å². The number of hydrogen-bond donors (Lipinski definition) is 0. The van der Waals surface area contributed by atoms with Crippen LogP contribution in [0.1, 0.15) is 19.7 Å². The SMILES string of the molecule is CCOc1cc(OCC)nc(COS(C)(=O)=O)n1. The van der Waals surface area contributed by atoms with Crippen LogP contribution in [-0.4, -0.2) is 37.9 Å². The van der Waals surface area contributed by atoms with Crippen molar-refractivity contribution in [3.63, 3.8) is 0 Å². The third-order valence-corrected chi connectivity index (χ3v) is 2.26. The molecule has 1 rings (SSSR count). The summed E-state index contributed by atoms with van der Waals surface area (Å²) < 4.78 is 36.8. The lowest BCUT2D eigenvalue weighted by molar-refractivity contribution is 0.277. The van der Waals surface area contributed by atoms with Crippen molar-refractivity contribution in [3.8, 4) is 11.8 Å². The van der Waals surface area contributed by atoms with E-state index >= 15 is 0 Å². The van der Waals surface area contributed by atoms with E-state index < -0.39 is 10.1 Å². The van der Waals surface area contributed by atoms with Gasteiger partial charge in [-0.2, -0.15) is 18.4 Å². The number of ether oxygens (including phenoxy) is 2. The fourth-order valence-electron chi connectivity index (χ4n) is 1.12. The Balaban J connectivity index is 2.88. The highest BCUT2D eigenvalue weighted by atomic mass is 32.2. The molecule has 1 aromatic heterocycles. The molecule has 102 valence electrons. The molecule has 8 heteroatoms. The highest BCUT2D eigenvalue weighted by Crippen LogP contribution is 2.16. The smallest absolute Gasteiger partial charge is 0.264 e. The van der Waals surface area contributed by atoms with Gasteiger partial charge in [0.2, 0.25) is 11.8 Å². The molecule has 0 fully saturated rings. The van der Waals surface area contributed by atoms with Crippen molar-refractivity contribution in [1.29, 1.82) is 0 Å². The molecule has 0 spiro atoms. The van der Waals surface area contributed by atoms with Gasteiger partial charge in [0.25, 0.3) is 10.1 Å². The van der Waals surface area contributed by atoms with E-state index in [0.29, 0.717) is 25.0 Å². The van der Waals surface area contributed by atoms with E-state index in [-0.39, 0.29) is 12.4 Å². The quantitative estimate of drug-likeness (QED) is 0.679. The summed E-state index contributed by atoms with van der Waals surface area (Å²) in [5.41, 5.74) is 0. The molecule has 0 aliphatic carbocycles. The Labute approximate surface area is 106 Å². The van der Waals surface area contributed by atoms with Gasteiger partial charge in [0.1, 0.15) is 6.61 Å². The summed E-state index contributed by atoms with van der Waals surface area (Å²) in [6, 6.07) is 1.54. The van der Waals surface area contributed by atoms with E-state index in [0.717, 1.165) is 6.26 Å². The Morgan fingerprint density at radius 1 is 1.11 bits per heavy atom. The number of hydrogen-bond acceptors (Lipinski definition) is 7. The van der Waals surface area contributed by atoms with E-state index in [4.69, 9.17) is 9.47 Å². The van der Waals surface area contributed by atoms with Gasteiger partial charge in [-0.1, -0.05) is 0 Å². The van der Waals surface area contributed by atoms with Crippen LogP contribution in [0.2, 0.25) is 0 Å². The molecule has 0 aliphatic heterocycles. The van der Waals surface area contributed by atoms with Crippen LogP contribution in [0.15, 0.2) is 6.07 Å². The Morgan fingerprint density at radius 2 is 1.61 bits per heavy atom. The molecule has 0 atom stereocenters. The van der Waals surface area contributed by atoms with Crippen molar-refractivity contribution >= 4 is 10.1 Å². The fraction of sp³-hybridized carbons (Fsp3) is 0.600. The van der Waals surface area contributed by atoms with Gasteiger partial charge >= 0.3 is 0 Å². The molecule has 18 heavy (non-hydrogen) atoms. The summed E-state index contributed by atoms with van der Waals surface area (Å²) in [6.45, 7) is 4.26. The fourth-order valence-corrected chi connectivity index (χ4v) is 1.44. The Kier molecular flexibility index (Phi) is 5.29. The first kappa shape index (κ1) is 14.7. The maximum Gasteiger partial charge on any atom is 0.264 e. The van der Waals surface area contributed by atoms with Crippen molar-refractivity contribution in [1.82, 2.24) is 9.97 Å². The molecule has 1 aromatic rings. The summed E-state index contributed by atoms with van der Waals surface area (Å²) in [4.78, 5) is 8.01. The summed E-state index contributed by atoms with van der Waals surface area (Å²) in [5, 5.41) is 0. The minimum atomic E-state index is -3.53. The minimum Gasteiger partial charge on any atom is -0.478 e. The molecule has 0 saturated heterocycles. The number of rotatable bonds is 7. The van der Waals surface area contributed by atoms with Crippen molar-refractivity contribution in [3.05, 3.63) is 11.9 Å². The summed E-state index contributed by atoms with van der Waals surface area (Å²) >= 11 is 0. The Hall–Kier alpha value is -1.41. The lowest BCUT2D eigenvalue weighted by Gasteiger charge is -2.08. The maximum atomic E-state index is 10.9. The predicted molar refractivity (Wildman–Crippen MR) is 64.0 cm³/mol. The van der Waals surface area contributed by atoms with Gasteiger partial charge in [-0.3, -0.25) is 4.18 Å². The van der Waals surface area contributed by atoms with Crippen molar-refractivity contribution in [2.75, 3.05) is 19.5 Å². The zero-order valence-corrected chi connectivity index (χ0v) is 11.4. The first-order valence-corrected chi connectivity index (χ1v) is 7.24. The van der Waals surface area contributed by atoms with E-state index in [9.17, 15) is 8.42 Å². The van der Waals surface area contributed by atoms with Crippen molar-refractivity contribution in [2.45, 2.75) is 20.5 Å². The van der Waals surface area contributed by atoms with Crippen LogP contribution in [0.4, 0.5) is 0 Å². The summed E-state index contributed by atoms with van der Waals surface area (Å²) in [7, 11) is -3.53. The third-order valence-electron chi connectivity index (χ3n) is 1.71. The second-order valence-corrected chi connectivity index (χ2v) is 4.94. The van der Waals surface area contributed by atoms with Crippen LogP contribution in [0.5, 0.6) is 11.8 Å². The second kappa shape index (κ2) is 6.50. The molecule has 0 radical (unpaired) electrons. The molecular weight excluding hydrogens is 260 g/mol. The topological polar surface area (TPSA) is 87.6 Å². The van der Waals surface area contributed by atoms with Crippen LogP contribution in [0, 0.1) is 0 Å². The molecule has 0 N–H and O–H groups in total. The molecule has 0 aliphatic rings. The van der Waals surface area contributed by atoms with Gasteiger partial charge in [0, 0.05) is 0 Å². The van der Waals surface area contributed by atoms with Gasteiger partial charge in [0.15, 0.2) is 5.82 Å². The van der Waals surface area contributed by atoms with E-state index in [1.54, 1.807) is 0 Å². The standard InChI is InChI=1S/C10H16N2O5S/c1-4-15-9-6-10(16-5-2)12-8(11-9)7-17-18(3,13)14/h6H,4-5,7H2,1-3H3. The first-order valence-electron chi connectivity index (χ1n) is 5.42. The monoisotopic (exact) mass is 276 g/mol. The van der Waals surface area contributed by atoms with Gasteiger partial charge in [-0.05, 0) is 13.8 Å². The zero-order chi connectivity index (χ0) is 13.6. The molecule has 0 unspecified atom stereocenters. The lowest BCUT2D eigenvalue weighted by Crippen LogP contribution is -2.08. The lowest BCUT2D eigenvalue weighted by atomic mass is 10.5. The zero-order valence-electron chi connectivity index (χ0n) is 10.5. The van der Waals surface area contributed by atoms with E-state index in [2.05, 4.69) is 14.2 Å². The van der Waals surface area contributed by atoms with Gasteiger partial charge in [-0.15, -0.1) is 0 Å². The first-order chi connectivity index (χ1) is 8.44. The average Bonchev–Trinajstić information content (AvgIpc) is 2.26. The van der Waals surface area contributed by atoms with E-state index in [1.165, 1.54) is 6.07 Å². The Morgan fingerprint density at radius 3 is 2.00 bits per heavy atom. The largest absolute Gasteiger partial charge is 0.478 e. The summed E-state index contributed by atoms with van der Waals surface area (Å²) in [6.07, 6.45) is 0.961. The molecule has 1 heterocycles. The third kappa shape index (κ3) is 5.28. The average molecular weight is 276 g/mol. The summed E-state index contributed by atoms with van der Waals surface area (Å²) in [5.74, 6) is 0.834. The highest BCUT2D eigenvalue weighted by Gasteiger charge is 2.09. The van der Waals surface area contributed by atoms with Crippen LogP contribution >= 0.6 is 0 Å². The molecule has 7 nitrogen and oxygen atoms in total. The highest BCUT2D eigenvalue weighted by molar-refractivity contribution is 7.85. The normalized spacial score (nSPS) is 11.3. The number of aromatic nitrogens is 2. The van der Waals surface area contributed by atoms with Gasteiger partial charge in [0.05, 0.1) is 25.5 Å². The molecular formula is C10H16N2O5S. The molecule has 0 aromatic carbocycles. The van der Waals surface area contributed by atoms with Crippen LogP contribution in [0.3, 0.4) is 0 Å². The van der Waals surface area contributed by atoms with E-state index in [1.807, 2.05) is 13.8 Å². The minimum absolute atomic E-state index is 0.190. The molecule has 0 amide bonds. The molecule has 0 saturated carbocycles. The second-order valence-electron chi connectivity index (χ2n) is 3.29. The van der Waals surface area contributed by atoms with Gasteiger partial charge < -0.3 is 9.47 Å². The van der Waals surface area contributed by atoms with Crippen LogP contribution in [-0.2, 0) is 20.9 Å².